The van der Waals surface area contributed by atoms with Crippen molar-refractivity contribution in [2.75, 3.05) is 13.1 Å². The van der Waals surface area contributed by atoms with Crippen LogP contribution in [0.25, 0.3) is 0 Å². The van der Waals surface area contributed by atoms with E-state index in [1.54, 1.807) is 4.68 Å². The molecule has 0 radical (unpaired) electrons. The monoisotopic (exact) mass is 250 g/mol. The molecule has 0 unspecified atom stereocenters. The van der Waals surface area contributed by atoms with Crippen molar-refractivity contribution in [3.05, 3.63) is 11.9 Å². The Morgan fingerprint density at radius 1 is 1.44 bits per heavy atom. The lowest BCUT2D eigenvalue weighted by Gasteiger charge is -2.21. The number of aromatic carboxylic acids is 1. The standard InChI is InChI=1S/C12H18N4O2/c17-12(18)11-8-16(14-13-11)6-5-15(10-3-4-10)7-9-1-2-9/h8-10H,1-7H2,(H,17,18). The van der Waals surface area contributed by atoms with Gasteiger partial charge in [-0.3, -0.25) is 9.58 Å². The minimum Gasteiger partial charge on any atom is -0.476 e. The number of carboxylic acid groups (broad SMARTS) is 1. The van der Waals surface area contributed by atoms with Gasteiger partial charge in [-0.2, -0.15) is 0 Å². The van der Waals surface area contributed by atoms with Gasteiger partial charge >= 0.3 is 5.97 Å². The van der Waals surface area contributed by atoms with Crippen LogP contribution in [0.3, 0.4) is 0 Å². The molecule has 0 aromatic carbocycles. The molecule has 0 atom stereocenters. The highest BCUT2D eigenvalue weighted by atomic mass is 16.4. The Morgan fingerprint density at radius 3 is 2.78 bits per heavy atom. The van der Waals surface area contributed by atoms with E-state index >= 15 is 0 Å². The van der Waals surface area contributed by atoms with Crippen molar-refractivity contribution in [2.24, 2.45) is 5.92 Å². The molecule has 0 saturated heterocycles. The molecule has 1 N–H and O–H groups in total. The van der Waals surface area contributed by atoms with Crippen LogP contribution >= 0.6 is 0 Å². The SMILES string of the molecule is O=C(O)c1cn(CCN(CC2CC2)C2CC2)nn1. The topological polar surface area (TPSA) is 71.2 Å². The average Bonchev–Trinajstić information content (AvgIpc) is 3.24. The highest BCUT2D eigenvalue weighted by Crippen LogP contribution is 2.34. The largest absolute Gasteiger partial charge is 0.476 e. The summed E-state index contributed by atoms with van der Waals surface area (Å²) in [5.74, 6) is -0.116. The molecule has 2 aliphatic rings. The van der Waals surface area contributed by atoms with Crippen LogP contribution in [0.15, 0.2) is 6.20 Å². The molecule has 2 aliphatic carbocycles. The van der Waals surface area contributed by atoms with Gasteiger partial charge in [-0.1, -0.05) is 5.21 Å². The Labute approximate surface area is 106 Å². The van der Waals surface area contributed by atoms with Gasteiger partial charge < -0.3 is 5.11 Å². The zero-order chi connectivity index (χ0) is 12.5. The summed E-state index contributed by atoms with van der Waals surface area (Å²) in [4.78, 5) is 13.2. The van der Waals surface area contributed by atoms with Gasteiger partial charge in [-0.25, -0.2) is 4.79 Å². The van der Waals surface area contributed by atoms with Gasteiger partial charge in [0.25, 0.3) is 0 Å². The predicted octanol–water partition coefficient (Wildman–Crippen LogP) is 0.851. The maximum Gasteiger partial charge on any atom is 0.358 e. The minimum absolute atomic E-state index is 0.0233. The second kappa shape index (κ2) is 4.68. The molecule has 98 valence electrons. The van der Waals surface area contributed by atoms with Gasteiger partial charge in [0.2, 0.25) is 0 Å². The normalized spacial score (nSPS) is 19.4. The summed E-state index contributed by atoms with van der Waals surface area (Å²) >= 11 is 0. The first-order valence-corrected chi connectivity index (χ1v) is 6.60. The van der Waals surface area contributed by atoms with E-state index in [0.717, 1.165) is 25.0 Å². The summed E-state index contributed by atoms with van der Waals surface area (Å²) < 4.78 is 1.63. The summed E-state index contributed by atoms with van der Waals surface area (Å²) in [6.45, 7) is 2.87. The Kier molecular flexibility index (Phi) is 3.03. The molecule has 1 aromatic heterocycles. The maximum absolute atomic E-state index is 10.7. The fourth-order valence-electron chi connectivity index (χ4n) is 2.23. The van der Waals surface area contributed by atoms with Crippen LogP contribution in [-0.4, -0.2) is 50.1 Å². The van der Waals surface area contributed by atoms with Crippen LogP contribution in [-0.2, 0) is 6.54 Å². The zero-order valence-corrected chi connectivity index (χ0v) is 10.3. The van der Waals surface area contributed by atoms with Crippen molar-refractivity contribution >= 4 is 5.97 Å². The van der Waals surface area contributed by atoms with Crippen LogP contribution in [0.2, 0.25) is 0 Å². The van der Waals surface area contributed by atoms with Crippen LogP contribution in [0, 0.1) is 5.92 Å². The van der Waals surface area contributed by atoms with Crippen molar-refractivity contribution in [1.29, 1.82) is 0 Å². The lowest BCUT2D eigenvalue weighted by Crippen LogP contribution is -2.31. The van der Waals surface area contributed by atoms with E-state index in [4.69, 9.17) is 5.11 Å². The molecular formula is C12H18N4O2. The average molecular weight is 250 g/mol. The van der Waals surface area contributed by atoms with Gasteiger partial charge in [-0.05, 0) is 31.6 Å². The molecule has 18 heavy (non-hydrogen) atoms. The first-order valence-electron chi connectivity index (χ1n) is 6.60. The molecule has 2 fully saturated rings. The molecule has 6 nitrogen and oxygen atoms in total. The molecule has 1 aromatic rings. The number of carbonyl (C=O) groups is 1. The number of carboxylic acids is 1. The Hall–Kier alpha value is -1.43. The Bertz CT molecular complexity index is 437. The molecule has 6 heteroatoms. The highest BCUT2D eigenvalue weighted by molar-refractivity contribution is 5.84. The summed E-state index contributed by atoms with van der Waals surface area (Å²) in [6, 6.07) is 0.757. The number of hydrogen-bond acceptors (Lipinski definition) is 4. The predicted molar refractivity (Wildman–Crippen MR) is 64.3 cm³/mol. The fourth-order valence-corrected chi connectivity index (χ4v) is 2.23. The van der Waals surface area contributed by atoms with Crippen molar-refractivity contribution < 1.29 is 9.90 Å². The van der Waals surface area contributed by atoms with Crippen LogP contribution < -0.4 is 0 Å². The number of nitrogens with zero attached hydrogens (tertiary/aromatic N) is 4. The molecule has 0 spiro atoms. The van der Waals surface area contributed by atoms with Crippen molar-refractivity contribution in [1.82, 2.24) is 19.9 Å². The Morgan fingerprint density at radius 2 is 2.22 bits per heavy atom. The number of rotatable bonds is 7. The minimum atomic E-state index is -1.02. The summed E-state index contributed by atoms with van der Waals surface area (Å²) in [5, 5.41) is 16.2. The lowest BCUT2D eigenvalue weighted by atomic mass is 10.3. The van der Waals surface area contributed by atoms with E-state index in [1.165, 1.54) is 38.4 Å². The molecular weight excluding hydrogens is 232 g/mol. The molecule has 0 aliphatic heterocycles. The van der Waals surface area contributed by atoms with Gasteiger partial charge in [0.05, 0.1) is 12.7 Å². The third-order valence-corrected chi connectivity index (χ3v) is 3.63. The van der Waals surface area contributed by atoms with Crippen LogP contribution in [0.4, 0.5) is 0 Å². The van der Waals surface area contributed by atoms with E-state index in [-0.39, 0.29) is 5.69 Å². The highest BCUT2D eigenvalue weighted by Gasteiger charge is 2.33. The quantitative estimate of drug-likeness (QED) is 0.776. The van der Waals surface area contributed by atoms with Crippen LogP contribution in [0.1, 0.15) is 36.2 Å². The third kappa shape index (κ3) is 2.87. The lowest BCUT2D eigenvalue weighted by molar-refractivity contribution is 0.0690. The Balaban J connectivity index is 1.52. The smallest absolute Gasteiger partial charge is 0.358 e. The third-order valence-electron chi connectivity index (χ3n) is 3.63. The van der Waals surface area contributed by atoms with Gasteiger partial charge in [0, 0.05) is 19.1 Å². The van der Waals surface area contributed by atoms with E-state index in [1.807, 2.05) is 0 Å². The van der Waals surface area contributed by atoms with Crippen molar-refractivity contribution in [2.45, 2.75) is 38.3 Å². The molecule has 0 amide bonds. The van der Waals surface area contributed by atoms with E-state index in [9.17, 15) is 4.79 Å². The summed E-state index contributed by atoms with van der Waals surface area (Å²) in [5.41, 5.74) is 0.0233. The first kappa shape index (κ1) is 11.6. The maximum atomic E-state index is 10.7. The van der Waals surface area contributed by atoms with Crippen LogP contribution in [0.5, 0.6) is 0 Å². The van der Waals surface area contributed by atoms with E-state index in [0.29, 0.717) is 0 Å². The molecule has 3 rings (SSSR count). The second-order valence-corrected chi connectivity index (χ2v) is 5.34. The molecule has 1 heterocycles. The fraction of sp³-hybridized carbons (Fsp3) is 0.750. The van der Waals surface area contributed by atoms with Gasteiger partial charge in [-0.15, -0.1) is 5.10 Å². The second-order valence-electron chi connectivity index (χ2n) is 5.34. The first-order chi connectivity index (χ1) is 8.72. The van der Waals surface area contributed by atoms with E-state index in [2.05, 4.69) is 15.2 Å². The zero-order valence-electron chi connectivity index (χ0n) is 10.3. The molecule has 2 saturated carbocycles. The van der Waals surface area contributed by atoms with Crippen molar-refractivity contribution in [3.63, 3.8) is 0 Å². The number of hydrogen-bond donors (Lipinski definition) is 1. The van der Waals surface area contributed by atoms with Crippen molar-refractivity contribution in [3.8, 4) is 0 Å². The summed E-state index contributed by atoms with van der Waals surface area (Å²) in [6.07, 6.45) is 6.87. The number of aromatic nitrogens is 3. The van der Waals surface area contributed by atoms with E-state index < -0.39 is 5.97 Å². The molecule has 0 bridgehead atoms. The summed E-state index contributed by atoms with van der Waals surface area (Å²) in [7, 11) is 0. The van der Waals surface area contributed by atoms with Gasteiger partial charge in [0.15, 0.2) is 5.69 Å². The van der Waals surface area contributed by atoms with Gasteiger partial charge in [0.1, 0.15) is 0 Å².